The summed E-state index contributed by atoms with van der Waals surface area (Å²) in [7, 11) is 0. The Bertz CT molecular complexity index is 389. The third-order valence-corrected chi connectivity index (χ3v) is 2.90. The zero-order valence-corrected chi connectivity index (χ0v) is 9.56. The molecule has 0 aromatic carbocycles. The molecule has 1 atom stereocenters. The molecule has 0 bridgehead atoms. The number of nitrogens with one attached hydrogen (secondary N) is 2. The van der Waals surface area contributed by atoms with Gasteiger partial charge in [-0.3, -0.25) is 15.1 Å². The lowest BCUT2D eigenvalue weighted by molar-refractivity contribution is -0.384. The van der Waals surface area contributed by atoms with Gasteiger partial charge >= 0.3 is 5.69 Å². The van der Waals surface area contributed by atoms with Gasteiger partial charge in [0, 0.05) is 18.8 Å². The number of anilines is 1. The van der Waals surface area contributed by atoms with Crippen LogP contribution in [-0.4, -0.2) is 29.0 Å². The van der Waals surface area contributed by atoms with Crippen molar-refractivity contribution < 1.29 is 4.92 Å². The summed E-state index contributed by atoms with van der Waals surface area (Å²) < 4.78 is 0. The molecule has 0 radical (unpaired) electrons. The van der Waals surface area contributed by atoms with Gasteiger partial charge in [-0.25, -0.2) is 0 Å². The predicted octanol–water partition coefficient (Wildman–Crippen LogP) is 1.54. The zero-order valence-electron chi connectivity index (χ0n) is 9.56. The maximum atomic E-state index is 10.8. The maximum Gasteiger partial charge on any atom is 0.310 e. The molecule has 6 heteroatoms. The largest absolute Gasteiger partial charge is 0.375 e. The highest BCUT2D eigenvalue weighted by Crippen LogP contribution is 2.23. The fourth-order valence-electron chi connectivity index (χ4n) is 2.02. The number of aromatic nitrogens is 1. The molecule has 1 fully saturated rings. The molecule has 0 saturated carbocycles. The summed E-state index contributed by atoms with van der Waals surface area (Å²) in [6, 6.07) is 1.90. The van der Waals surface area contributed by atoms with Crippen molar-refractivity contribution in [1.82, 2.24) is 10.3 Å². The Morgan fingerprint density at radius 1 is 1.53 bits per heavy atom. The molecule has 1 saturated heterocycles. The van der Waals surface area contributed by atoms with Gasteiger partial charge in [-0.05, 0) is 25.5 Å². The monoisotopic (exact) mass is 236 g/mol. The van der Waals surface area contributed by atoms with Crippen molar-refractivity contribution >= 4 is 11.4 Å². The first-order chi connectivity index (χ1) is 8.27. The van der Waals surface area contributed by atoms with E-state index in [-0.39, 0.29) is 11.7 Å². The van der Waals surface area contributed by atoms with Gasteiger partial charge in [0.05, 0.1) is 4.92 Å². The first-order valence-electron chi connectivity index (χ1n) is 5.83. The summed E-state index contributed by atoms with van der Waals surface area (Å²) in [5.74, 6) is 0. The van der Waals surface area contributed by atoms with E-state index in [1.165, 1.54) is 6.20 Å². The summed E-state index contributed by atoms with van der Waals surface area (Å²) >= 11 is 0. The molecule has 92 valence electrons. The van der Waals surface area contributed by atoms with Crippen molar-refractivity contribution in [2.24, 2.45) is 0 Å². The standard InChI is InChI=1S/C11H16N4O2/c16-15(17)11-8-13-6-4-10(11)14-9-3-1-2-5-12-7-9/h4,6,8-9,12H,1-3,5,7H2,(H,13,14). The van der Waals surface area contributed by atoms with E-state index in [0.29, 0.717) is 5.69 Å². The van der Waals surface area contributed by atoms with Crippen LogP contribution in [0, 0.1) is 10.1 Å². The van der Waals surface area contributed by atoms with Gasteiger partial charge in [0.2, 0.25) is 0 Å². The highest BCUT2D eigenvalue weighted by atomic mass is 16.6. The average Bonchev–Trinajstić information content (AvgIpc) is 2.58. The molecule has 0 amide bonds. The van der Waals surface area contributed by atoms with Crippen molar-refractivity contribution in [2.75, 3.05) is 18.4 Å². The Balaban J connectivity index is 2.09. The predicted molar refractivity (Wildman–Crippen MR) is 65.0 cm³/mol. The second kappa shape index (κ2) is 5.58. The van der Waals surface area contributed by atoms with E-state index in [2.05, 4.69) is 15.6 Å². The number of rotatable bonds is 3. The Hall–Kier alpha value is -1.69. The molecular formula is C11H16N4O2. The summed E-state index contributed by atoms with van der Waals surface area (Å²) in [5.41, 5.74) is 0.593. The quantitative estimate of drug-likeness (QED) is 0.614. The van der Waals surface area contributed by atoms with Crippen LogP contribution in [0.25, 0.3) is 0 Å². The topological polar surface area (TPSA) is 80.1 Å². The molecule has 6 nitrogen and oxygen atoms in total. The van der Waals surface area contributed by atoms with Crippen LogP contribution in [-0.2, 0) is 0 Å². The molecule has 0 spiro atoms. The molecule has 1 aromatic rings. The first kappa shape index (κ1) is 11.8. The highest BCUT2D eigenvalue weighted by Gasteiger charge is 2.17. The molecule has 2 heterocycles. The van der Waals surface area contributed by atoms with E-state index in [9.17, 15) is 10.1 Å². The zero-order chi connectivity index (χ0) is 12.1. The minimum Gasteiger partial charge on any atom is -0.375 e. The number of hydrogen-bond acceptors (Lipinski definition) is 5. The molecule has 1 aliphatic heterocycles. The minimum atomic E-state index is -0.403. The second-order valence-corrected chi connectivity index (χ2v) is 4.19. The normalized spacial score (nSPS) is 20.6. The number of hydrogen-bond donors (Lipinski definition) is 2. The highest BCUT2D eigenvalue weighted by molar-refractivity contribution is 5.60. The van der Waals surface area contributed by atoms with Crippen LogP contribution >= 0.6 is 0 Å². The van der Waals surface area contributed by atoms with Gasteiger partial charge < -0.3 is 10.6 Å². The Labute approximate surface area is 99.6 Å². The average molecular weight is 236 g/mol. The second-order valence-electron chi connectivity index (χ2n) is 4.19. The van der Waals surface area contributed by atoms with Crippen molar-refractivity contribution in [3.8, 4) is 0 Å². The van der Waals surface area contributed by atoms with Crippen molar-refractivity contribution in [3.05, 3.63) is 28.6 Å². The lowest BCUT2D eigenvalue weighted by Crippen LogP contribution is -2.31. The van der Waals surface area contributed by atoms with E-state index in [1.807, 2.05) is 0 Å². The number of pyridine rings is 1. The summed E-state index contributed by atoms with van der Waals surface area (Å²) in [5, 5.41) is 17.4. The smallest absolute Gasteiger partial charge is 0.310 e. The van der Waals surface area contributed by atoms with Crippen LogP contribution in [0.2, 0.25) is 0 Å². The lowest BCUT2D eigenvalue weighted by Gasteiger charge is -2.17. The van der Waals surface area contributed by atoms with Gasteiger partial charge in [0.15, 0.2) is 0 Å². The Kier molecular flexibility index (Phi) is 3.87. The van der Waals surface area contributed by atoms with E-state index < -0.39 is 4.92 Å². The molecule has 1 aliphatic rings. The van der Waals surface area contributed by atoms with Gasteiger partial charge in [-0.2, -0.15) is 0 Å². The lowest BCUT2D eigenvalue weighted by atomic mass is 10.1. The Morgan fingerprint density at radius 3 is 3.24 bits per heavy atom. The first-order valence-corrected chi connectivity index (χ1v) is 5.83. The van der Waals surface area contributed by atoms with Crippen molar-refractivity contribution in [3.63, 3.8) is 0 Å². The molecular weight excluding hydrogens is 220 g/mol. The summed E-state index contributed by atoms with van der Waals surface area (Å²) in [6.07, 6.45) is 6.19. The molecule has 0 aliphatic carbocycles. The molecule has 1 unspecified atom stereocenters. The molecule has 2 N–H and O–H groups in total. The summed E-state index contributed by atoms with van der Waals surface area (Å²) in [6.45, 7) is 1.87. The van der Waals surface area contributed by atoms with Gasteiger partial charge in [0.1, 0.15) is 11.9 Å². The third kappa shape index (κ3) is 3.13. The van der Waals surface area contributed by atoms with E-state index >= 15 is 0 Å². The molecule has 17 heavy (non-hydrogen) atoms. The van der Waals surface area contributed by atoms with E-state index in [4.69, 9.17) is 0 Å². The van der Waals surface area contributed by atoms with Gasteiger partial charge in [-0.15, -0.1) is 0 Å². The number of nitrogens with zero attached hydrogens (tertiary/aromatic N) is 2. The van der Waals surface area contributed by atoms with Crippen LogP contribution in [0.1, 0.15) is 19.3 Å². The summed E-state index contributed by atoms with van der Waals surface area (Å²) in [4.78, 5) is 14.2. The number of nitro groups is 1. The fourth-order valence-corrected chi connectivity index (χ4v) is 2.02. The van der Waals surface area contributed by atoms with Crippen LogP contribution < -0.4 is 10.6 Å². The van der Waals surface area contributed by atoms with Crippen LogP contribution in [0.5, 0.6) is 0 Å². The molecule has 1 aromatic heterocycles. The van der Waals surface area contributed by atoms with Crippen LogP contribution in [0.4, 0.5) is 11.4 Å². The SMILES string of the molecule is O=[N+]([O-])c1cnccc1NC1CCCCNC1. The fraction of sp³-hybridized carbons (Fsp3) is 0.545. The maximum absolute atomic E-state index is 10.8. The molecule has 2 rings (SSSR count). The third-order valence-electron chi connectivity index (χ3n) is 2.90. The van der Waals surface area contributed by atoms with E-state index in [1.54, 1.807) is 12.3 Å². The van der Waals surface area contributed by atoms with Crippen molar-refractivity contribution in [1.29, 1.82) is 0 Å². The van der Waals surface area contributed by atoms with Crippen LogP contribution in [0.15, 0.2) is 18.5 Å². The van der Waals surface area contributed by atoms with Gasteiger partial charge in [0.25, 0.3) is 0 Å². The van der Waals surface area contributed by atoms with Crippen LogP contribution in [0.3, 0.4) is 0 Å². The van der Waals surface area contributed by atoms with E-state index in [0.717, 1.165) is 32.4 Å². The Morgan fingerprint density at radius 2 is 2.41 bits per heavy atom. The minimum absolute atomic E-state index is 0.0387. The van der Waals surface area contributed by atoms with Gasteiger partial charge in [-0.1, -0.05) is 6.42 Å². The van der Waals surface area contributed by atoms with Crippen molar-refractivity contribution in [2.45, 2.75) is 25.3 Å².